The van der Waals surface area contributed by atoms with Gasteiger partial charge >= 0.3 is 17.9 Å². The van der Waals surface area contributed by atoms with Crippen LogP contribution in [0, 0.1) is 0 Å². The number of ether oxygens (including phenoxy) is 4. The van der Waals surface area contributed by atoms with Gasteiger partial charge in [-0.25, -0.2) is 0 Å². The smallest absolute Gasteiger partial charge is 0.303 e. The Morgan fingerprint density at radius 3 is 1.97 bits per heavy atom. The van der Waals surface area contributed by atoms with E-state index in [-0.39, 0.29) is 24.2 Å². The lowest BCUT2D eigenvalue weighted by Gasteiger charge is -2.47. The summed E-state index contributed by atoms with van der Waals surface area (Å²) < 4.78 is 22.0. The lowest BCUT2D eigenvalue weighted by Crippen LogP contribution is -2.67. The molecule has 0 aliphatic carbocycles. The highest BCUT2D eigenvalue weighted by Gasteiger charge is 2.56. The average Bonchev–Trinajstić information content (AvgIpc) is 2.99. The van der Waals surface area contributed by atoms with Crippen LogP contribution in [0.2, 0.25) is 0 Å². The van der Waals surface area contributed by atoms with E-state index in [2.05, 4.69) is 6.58 Å². The topological polar surface area (TPSA) is 126 Å². The Morgan fingerprint density at radius 1 is 0.939 bits per heavy atom. The molecule has 1 fully saturated rings. The maximum Gasteiger partial charge on any atom is 0.303 e. The number of fused-ring (bicyclic) bond motifs is 1. The molecule has 0 saturated carbocycles. The minimum Gasteiger partial charge on any atom is -0.463 e. The highest BCUT2D eigenvalue weighted by Crippen LogP contribution is 2.36. The maximum absolute atomic E-state index is 13.2. The molecular weight excluding hydrogens is 434 g/mol. The van der Waals surface area contributed by atoms with E-state index in [0.717, 1.165) is 18.7 Å². The van der Waals surface area contributed by atoms with Gasteiger partial charge in [-0.2, -0.15) is 0 Å². The number of imide groups is 1. The van der Waals surface area contributed by atoms with Gasteiger partial charge in [0.1, 0.15) is 18.8 Å². The number of hydrogen-bond donors (Lipinski definition) is 0. The van der Waals surface area contributed by atoms with E-state index in [4.69, 9.17) is 18.9 Å². The second kappa shape index (κ2) is 9.95. The summed E-state index contributed by atoms with van der Waals surface area (Å²) in [5.41, 5.74) is 0.403. The summed E-state index contributed by atoms with van der Waals surface area (Å²) in [4.78, 5) is 62.7. The molecule has 5 atom stereocenters. The Morgan fingerprint density at radius 2 is 1.48 bits per heavy atom. The lowest BCUT2D eigenvalue weighted by atomic mass is 9.89. The first-order valence-electron chi connectivity index (χ1n) is 10.4. The van der Waals surface area contributed by atoms with Crippen molar-refractivity contribution in [3.05, 3.63) is 48.0 Å². The van der Waals surface area contributed by atoms with Crippen LogP contribution in [0.5, 0.6) is 0 Å². The van der Waals surface area contributed by atoms with Crippen LogP contribution < -0.4 is 0 Å². The third-order valence-corrected chi connectivity index (χ3v) is 5.33. The minimum atomic E-state index is -1.27. The van der Waals surface area contributed by atoms with Crippen molar-refractivity contribution in [2.24, 2.45) is 0 Å². The van der Waals surface area contributed by atoms with Crippen LogP contribution in [-0.2, 0) is 33.3 Å². The Hall–Kier alpha value is -3.53. The molecule has 0 bridgehead atoms. The van der Waals surface area contributed by atoms with Gasteiger partial charge in [0.2, 0.25) is 0 Å². The van der Waals surface area contributed by atoms with E-state index in [9.17, 15) is 24.0 Å². The van der Waals surface area contributed by atoms with Crippen molar-refractivity contribution in [1.82, 2.24) is 4.90 Å². The third-order valence-electron chi connectivity index (χ3n) is 5.33. The quantitative estimate of drug-likeness (QED) is 0.258. The van der Waals surface area contributed by atoms with Gasteiger partial charge < -0.3 is 18.9 Å². The molecule has 0 N–H and O–H groups in total. The first-order chi connectivity index (χ1) is 15.6. The number of rotatable bonds is 7. The fourth-order valence-corrected chi connectivity index (χ4v) is 4.15. The van der Waals surface area contributed by atoms with Crippen LogP contribution in [0.3, 0.4) is 0 Å². The van der Waals surface area contributed by atoms with E-state index < -0.39 is 60.2 Å². The molecule has 1 saturated heterocycles. The van der Waals surface area contributed by atoms with Gasteiger partial charge in [-0.15, -0.1) is 6.58 Å². The summed E-state index contributed by atoms with van der Waals surface area (Å²) in [5, 5.41) is 0. The Labute approximate surface area is 190 Å². The summed E-state index contributed by atoms with van der Waals surface area (Å²) in [6, 6.07) is 5.18. The largest absolute Gasteiger partial charge is 0.463 e. The van der Waals surface area contributed by atoms with Gasteiger partial charge in [-0.05, 0) is 18.6 Å². The fraction of sp³-hybridized carbons (Fsp3) is 0.435. The summed E-state index contributed by atoms with van der Waals surface area (Å²) in [7, 11) is 0. The average molecular weight is 459 g/mol. The zero-order chi connectivity index (χ0) is 24.3. The molecule has 1 aromatic rings. The fourth-order valence-electron chi connectivity index (χ4n) is 4.15. The minimum absolute atomic E-state index is 0.166. The molecule has 10 nitrogen and oxygen atoms in total. The summed E-state index contributed by atoms with van der Waals surface area (Å²) >= 11 is 0. The van der Waals surface area contributed by atoms with E-state index in [1.807, 2.05) is 0 Å². The van der Waals surface area contributed by atoms with Gasteiger partial charge in [-0.1, -0.05) is 18.2 Å². The van der Waals surface area contributed by atoms with Gasteiger partial charge in [0, 0.05) is 20.8 Å². The summed E-state index contributed by atoms with van der Waals surface area (Å²) in [6.45, 7) is 6.91. The van der Waals surface area contributed by atoms with E-state index in [0.29, 0.717) is 0 Å². The maximum atomic E-state index is 13.2. The van der Waals surface area contributed by atoms with Crippen molar-refractivity contribution in [2.75, 3.05) is 6.61 Å². The van der Waals surface area contributed by atoms with Crippen LogP contribution in [0.15, 0.2) is 36.9 Å². The predicted octanol–water partition coefficient (Wildman–Crippen LogP) is 1.42. The molecule has 176 valence electrons. The number of hydrogen-bond acceptors (Lipinski definition) is 9. The van der Waals surface area contributed by atoms with Crippen LogP contribution in [0.4, 0.5) is 0 Å². The molecule has 0 unspecified atom stereocenters. The van der Waals surface area contributed by atoms with Gasteiger partial charge in [0.25, 0.3) is 11.8 Å². The molecule has 2 heterocycles. The first-order valence-corrected chi connectivity index (χ1v) is 10.4. The van der Waals surface area contributed by atoms with Crippen molar-refractivity contribution in [2.45, 2.75) is 57.6 Å². The molecule has 3 rings (SSSR count). The highest BCUT2D eigenvalue weighted by atomic mass is 16.6. The Balaban J connectivity index is 2.08. The number of esters is 3. The second-order valence-corrected chi connectivity index (χ2v) is 7.70. The van der Waals surface area contributed by atoms with Gasteiger partial charge in [-0.3, -0.25) is 28.9 Å². The number of carbonyl (C=O) groups is 5. The molecule has 0 spiro atoms. The zero-order valence-electron chi connectivity index (χ0n) is 18.5. The highest BCUT2D eigenvalue weighted by molar-refractivity contribution is 6.21. The summed E-state index contributed by atoms with van der Waals surface area (Å²) in [6.07, 6.45) is -2.72. The van der Waals surface area contributed by atoms with Crippen molar-refractivity contribution >= 4 is 29.7 Å². The summed E-state index contributed by atoms with van der Waals surface area (Å²) in [5.74, 6) is -3.20. The predicted molar refractivity (Wildman–Crippen MR) is 112 cm³/mol. The van der Waals surface area contributed by atoms with E-state index in [1.165, 1.54) is 25.1 Å². The van der Waals surface area contributed by atoms with Crippen LogP contribution in [0.1, 0.15) is 47.9 Å². The van der Waals surface area contributed by atoms with Crippen LogP contribution in [-0.4, -0.2) is 71.7 Å². The lowest BCUT2D eigenvalue weighted by molar-refractivity contribution is -0.229. The molecular formula is C23H25NO9. The van der Waals surface area contributed by atoms with Gasteiger partial charge in [0.05, 0.1) is 17.2 Å². The van der Waals surface area contributed by atoms with Crippen molar-refractivity contribution in [3.63, 3.8) is 0 Å². The molecule has 2 amide bonds. The number of carbonyl (C=O) groups excluding carboxylic acids is 5. The molecule has 0 aromatic heterocycles. The molecule has 2 aliphatic rings. The van der Waals surface area contributed by atoms with Crippen LogP contribution >= 0.6 is 0 Å². The second-order valence-electron chi connectivity index (χ2n) is 7.70. The molecule has 2 aliphatic heterocycles. The van der Waals surface area contributed by atoms with Crippen molar-refractivity contribution in [1.29, 1.82) is 0 Å². The first kappa shape index (κ1) is 24.1. The number of benzene rings is 1. The number of nitrogens with zero attached hydrogens (tertiary/aromatic N) is 1. The normalized spacial score (nSPS) is 26.4. The van der Waals surface area contributed by atoms with Crippen molar-refractivity contribution in [3.8, 4) is 0 Å². The molecule has 33 heavy (non-hydrogen) atoms. The monoisotopic (exact) mass is 459 g/mol. The molecule has 1 aromatic carbocycles. The number of amides is 2. The SMILES string of the molecule is C=CC[C@@H]1O[C@H](COC(C)=O)[C@@H](OC(C)=O)[C@H](OC(C)=O)[C@H]1N1C(=O)c2ccccc2C1=O. The van der Waals surface area contributed by atoms with Crippen LogP contribution in [0.25, 0.3) is 0 Å². The van der Waals surface area contributed by atoms with Gasteiger partial charge in [0.15, 0.2) is 12.2 Å². The van der Waals surface area contributed by atoms with Crippen molar-refractivity contribution < 1.29 is 42.9 Å². The standard InChI is InChI=1S/C23H25NO9/c1-5-8-17-19(24-22(28)15-9-6-7-10-16(15)23(24)29)21(32-14(4)27)20(31-13(3)26)18(33-17)11-30-12(2)25/h5-7,9-10,17-21H,1,8,11H2,2-4H3/t17-,18+,19-,20+,21+/m0/s1. The molecule has 10 heteroatoms. The molecule has 0 radical (unpaired) electrons. The van der Waals surface area contributed by atoms with E-state index in [1.54, 1.807) is 12.1 Å². The van der Waals surface area contributed by atoms with E-state index >= 15 is 0 Å². The Kier molecular flexibility index (Phi) is 7.27. The Bertz CT molecular complexity index is 953. The third kappa shape index (κ3) is 4.95. The zero-order valence-corrected chi connectivity index (χ0v) is 18.5.